The van der Waals surface area contributed by atoms with Crippen LogP contribution in [0.25, 0.3) is 0 Å². The first-order valence-corrected chi connectivity index (χ1v) is 19.2. The minimum absolute atomic E-state index is 0.143. The third kappa shape index (κ3) is 29.6. The van der Waals surface area contributed by atoms with Crippen molar-refractivity contribution in [3.63, 3.8) is 0 Å². The van der Waals surface area contributed by atoms with E-state index in [1.54, 1.807) is 0 Å². The van der Waals surface area contributed by atoms with Crippen LogP contribution in [0.15, 0.2) is 12.2 Å². The molecule has 0 heterocycles. The lowest BCUT2D eigenvalue weighted by Crippen LogP contribution is -2.43. The number of carboxylic acids is 1. The van der Waals surface area contributed by atoms with E-state index < -0.39 is 57.6 Å². The molecule has 12 heteroatoms. The molecule has 0 aliphatic heterocycles. The molecule has 0 radical (unpaired) electrons. The highest BCUT2D eigenvalue weighted by Crippen LogP contribution is 2.43. The molecule has 0 saturated carbocycles. The lowest BCUT2D eigenvalue weighted by atomic mass is 10.1. The number of aliphatic hydroxyl groups excluding tert-OH is 1. The van der Waals surface area contributed by atoms with Crippen molar-refractivity contribution in [1.29, 1.82) is 0 Å². The summed E-state index contributed by atoms with van der Waals surface area (Å²) in [4.78, 5) is 45.2. The summed E-state index contributed by atoms with van der Waals surface area (Å²) in [7, 11) is -4.73. The van der Waals surface area contributed by atoms with E-state index in [1.165, 1.54) is 64.2 Å². The van der Waals surface area contributed by atoms with Crippen LogP contribution >= 0.6 is 7.82 Å². The van der Waals surface area contributed by atoms with Gasteiger partial charge in [0.25, 0.3) is 0 Å². The van der Waals surface area contributed by atoms with Crippen molar-refractivity contribution >= 4 is 25.7 Å². The van der Waals surface area contributed by atoms with Crippen LogP contribution in [-0.2, 0) is 32.7 Å². The van der Waals surface area contributed by atoms with Crippen molar-refractivity contribution < 1.29 is 47.8 Å². The molecule has 0 spiro atoms. The van der Waals surface area contributed by atoms with Crippen LogP contribution in [0.4, 0.5) is 0 Å². The molecule has 0 saturated heterocycles. The maximum atomic E-state index is 12.2. The summed E-state index contributed by atoms with van der Waals surface area (Å²) < 4.78 is 26.4. The van der Waals surface area contributed by atoms with Crippen LogP contribution in [0, 0.1) is 0 Å². The fourth-order valence-electron chi connectivity index (χ4n) is 4.72. The van der Waals surface area contributed by atoms with E-state index in [1.807, 2.05) is 0 Å². The van der Waals surface area contributed by atoms with Crippen LogP contribution in [0.3, 0.4) is 0 Å². The van der Waals surface area contributed by atoms with Gasteiger partial charge >= 0.3 is 19.8 Å². The summed E-state index contributed by atoms with van der Waals surface area (Å²) in [5, 5.41) is 21.5. The number of carbonyl (C=O) groups excluding carboxylic acids is 2. The first-order chi connectivity index (χ1) is 22.1. The van der Waals surface area contributed by atoms with Crippen molar-refractivity contribution in [2.24, 2.45) is 0 Å². The van der Waals surface area contributed by atoms with Crippen LogP contribution in [0.5, 0.6) is 0 Å². The van der Waals surface area contributed by atoms with Gasteiger partial charge in [-0.2, -0.15) is 0 Å². The number of phosphoric acid groups is 1. The molecular weight excluding hydrogens is 613 g/mol. The summed E-state index contributed by atoms with van der Waals surface area (Å²) in [5.41, 5.74) is 0. The smallest absolute Gasteiger partial charge is 0.472 e. The number of hydrogen-bond acceptors (Lipinski definition) is 8. The maximum absolute atomic E-state index is 12.2. The molecule has 270 valence electrons. The highest BCUT2D eigenvalue weighted by molar-refractivity contribution is 7.47. The second-order valence-corrected chi connectivity index (χ2v) is 13.5. The van der Waals surface area contributed by atoms with E-state index in [0.717, 1.165) is 51.4 Å². The van der Waals surface area contributed by atoms with Crippen molar-refractivity contribution in [3.8, 4) is 0 Å². The monoisotopic (exact) mass is 677 g/mol. The standard InChI is InChI=1S/C34H64NO10P/c1-3-5-7-9-10-11-12-13-14-15-16-17-18-19-20-21-22-23-25-32(37)35-31(34(39)40)29-45-46(41,42)44-28-30(36)27-43-33(38)26-24-8-6-4-2/h14-15,30-31,36H,3-13,16-29H2,1-2H3,(H,35,37)(H,39,40)(H,41,42)/b15-14-. The number of nitrogens with one attached hydrogen (secondary N) is 1. The second-order valence-electron chi connectivity index (χ2n) is 12.1. The van der Waals surface area contributed by atoms with Gasteiger partial charge < -0.3 is 25.2 Å². The minimum Gasteiger partial charge on any atom is -0.480 e. The zero-order chi connectivity index (χ0) is 34.3. The molecule has 0 aliphatic rings. The maximum Gasteiger partial charge on any atom is 0.472 e. The number of esters is 1. The van der Waals surface area contributed by atoms with Gasteiger partial charge in [0.05, 0.1) is 13.2 Å². The van der Waals surface area contributed by atoms with E-state index in [-0.39, 0.29) is 12.8 Å². The first-order valence-electron chi connectivity index (χ1n) is 17.7. The normalized spacial score (nSPS) is 14.2. The first kappa shape index (κ1) is 44.2. The number of aliphatic carboxylic acids is 1. The van der Waals surface area contributed by atoms with E-state index in [9.17, 15) is 34.1 Å². The molecule has 0 bridgehead atoms. The zero-order valence-corrected chi connectivity index (χ0v) is 29.5. The Hall–Kier alpha value is -1.78. The Balaban J connectivity index is 3.93. The van der Waals surface area contributed by atoms with Crippen molar-refractivity contribution in [2.75, 3.05) is 19.8 Å². The molecule has 0 aromatic rings. The van der Waals surface area contributed by atoms with Gasteiger partial charge in [-0.25, -0.2) is 9.36 Å². The number of ether oxygens (including phenoxy) is 1. The third-order valence-corrected chi connectivity index (χ3v) is 8.51. The number of allylic oxidation sites excluding steroid dienone is 2. The van der Waals surface area contributed by atoms with Gasteiger partial charge in [-0.1, -0.05) is 116 Å². The van der Waals surface area contributed by atoms with Crippen LogP contribution in [0.2, 0.25) is 0 Å². The number of aliphatic hydroxyl groups is 1. The Labute approximate surface area is 277 Å². The number of rotatable bonds is 33. The van der Waals surface area contributed by atoms with E-state index in [0.29, 0.717) is 12.8 Å². The second kappa shape index (κ2) is 30.5. The number of unbranched alkanes of at least 4 members (excludes halogenated alkanes) is 17. The Morgan fingerprint density at radius 1 is 0.674 bits per heavy atom. The van der Waals surface area contributed by atoms with E-state index >= 15 is 0 Å². The Kier molecular flexibility index (Phi) is 29.4. The van der Waals surface area contributed by atoms with Crippen molar-refractivity contribution in [3.05, 3.63) is 12.2 Å². The Morgan fingerprint density at radius 3 is 1.67 bits per heavy atom. The van der Waals surface area contributed by atoms with E-state index in [2.05, 4.69) is 35.8 Å². The highest BCUT2D eigenvalue weighted by Gasteiger charge is 2.28. The number of phosphoric ester groups is 1. The van der Waals surface area contributed by atoms with Gasteiger partial charge in [-0.15, -0.1) is 0 Å². The summed E-state index contributed by atoms with van der Waals surface area (Å²) >= 11 is 0. The highest BCUT2D eigenvalue weighted by atomic mass is 31.2. The third-order valence-electron chi connectivity index (χ3n) is 7.55. The van der Waals surface area contributed by atoms with Crippen LogP contribution in [-0.4, -0.2) is 64.9 Å². The molecule has 0 aromatic heterocycles. The van der Waals surface area contributed by atoms with E-state index in [4.69, 9.17) is 9.26 Å². The largest absolute Gasteiger partial charge is 0.480 e. The summed E-state index contributed by atoms with van der Waals surface area (Å²) in [6.45, 7) is 2.41. The SMILES string of the molecule is CCCCCCCCC/C=C\CCCCCCCCCC(=O)NC(COP(=O)(O)OCC(O)COC(=O)CCCCCC)C(=O)O. The van der Waals surface area contributed by atoms with Crippen molar-refractivity contribution in [2.45, 2.75) is 167 Å². The predicted molar refractivity (Wildman–Crippen MR) is 180 cm³/mol. The van der Waals surface area contributed by atoms with Crippen molar-refractivity contribution in [1.82, 2.24) is 5.32 Å². The molecule has 3 unspecified atom stereocenters. The van der Waals surface area contributed by atoms with Crippen LogP contribution in [0.1, 0.15) is 155 Å². The van der Waals surface area contributed by atoms with Crippen LogP contribution < -0.4 is 5.32 Å². The molecule has 46 heavy (non-hydrogen) atoms. The summed E-state index contributed by atoms with van der Waals surface area (Å²) in [6.07, 6.45) is 26.0. The average Bonchev–Trinajstić information content (AvgIpc) is 3.02. The Bertz CT molecular complexity index is 854. The Morgan fingerprint density at radius 2 is 1.13 bits per heavy atom. The van der Waals surface area contributed by atoms with Gasteiger partial charge in [0, 0.05) is 12.8 Å². The van der Waals surface area contributed by atoms with Gasteiger partial charge in [-0.05, 0) is 38.5 Å². The molecule has 0 aromatic carbocycles. The summed E-state index contributed by atoms with van der Waals surface area (Å²) in [5.74, 6) is -2.40. The number of carbonyl (C=O) groups is 3. The fraction of sp³-hybridized carbons (Fsp3) is 0.853. The topological polar surface area (TPSA) is 169 Å². The fourth-order valence-corrected chi connectivity index (χ4v) is 5.49. The number of hydrogen-bond donors (Lipinski definition) is 4. The van der Waals surface area contributed by atoms with Gasteiger partial charge in [0.2, 0.25) is 5.91 Å². The number of carboxylic acid groups (broad SMARTS) is 1. The average molecular weight is 678 g/mol. The van der Waals surface area contributed by atoms with Gasteiger partial charge in [-0.3, -0.25) is 18.6 Å². The molecule has 4 N–H and O–H groups in total. The lowest BCUT2D eigenvalue weighted by molar-refractivity contribution is -0.147. The molecule has 0 aliphatic carbocycles. The molecule has 11 nitrogen and oxygen atoms in total. The molecule has 0 rings (SSSR count). The minimum atomic E-state index is -4.73. The quantitative estimate of drug-likeness (QED) is 0.0233. The van der Waals surface area contributed by atoms with Gasteiger partial charge in [0.1, 0.15) is 12.7 Å². The molecule has 1 amide bonds. The predicted octanol–water partition coefficient (Wildman–Crippen LogP) is 7.77. The molecule has 3 atom stereocenters. The van der Waals surface area contributed by atoms with Gasteiger partial charge in [0.15, 0.2) is 6.04 Å². The summed E-state index contributed by atoms with van der Waals surface area (Å²) in [6, 6.07) is -1.54. The number of amides is 1. The lowest BCUT2D eigenvalue weighted by Gasteiger charge is -2.18. The zero-order valence-electron chi connectivity index (χ0n) is 28.6. The molecule has 0 fully saturated rings. The molecular formula is C34H64NO10P.